The Morgan fingerprint density at radius 2 is 1.25 bits per heavy atom. The van der Waals surface area contributed by atoms with Crippen LogP contribution in [0.25, 0.3) is 0 Å². The molecule has 0 aromatic rings. The van der Waals surface area contributed by atoms with Crippen molar-refractivity contribution in [3.05, 3.63) is 0 Å². The number of nitrogens with one attached hydrogen (secondary N) is 1. The number of rotatable bonds is 6. The normalized spacial score (nSPS) is 42.8. The first kappa shape index (κ1) is 17.2. The highest BCUT2D eigenvalue weighted by molar-refractivity contribution is 5.74. The maximum Gasteiger partial charge on any atom is 0.303 e. The third kappa shape index (κ3) is 2.80. The molecule has 4 bridgehead atoms. The summed E-state index contributed by atoms with van der Waals surface area (Å²) in [4.78, 5) is 34.9. The molecule has 4 aliphatic carbocycles. The molecule has 4 saturated carbocycles. The number of amides is 1. The topological polar surface area (TPSA) is 104 Å². The second kappa shape index (κ2) is 5.20. The Bertz CT molecular complexity index is 511. The molecule has 0 aliphatic heterocycles. The van der Waals surface area contributed by atoms with Gasteiger partial charge in [-0.2, -0.15) is 0 Å². The zero-order valence-corrected chi connectivity index (χ0v) is 14.5. The molecule has 2 unspecified atom stereocenters. The van der Waals surface area contributed by atoms with Gasteiger partial charge in [-0.25, -0.2) is 0 Å². The van der Waals surface area contributed by atoms with Gasteiger partial charge < -0.3 is 15.5 Å². The number of carboxylic acids is 2. The van der Waals surface area contributed by atoms with Gasteiger partial charge in [-0.05, 0) is 54.8 Å². The third-order valence-electron chi connectivity index (χ3n) is 6.63. The average molecular weight is 337 g/mol. The molecule has 2 atom stereocenters. The van der Waals surface area contributed by atoms with E-state index in [4.69, 9.17) is 0 Å². The van der Waals surface area contributed by atoms with Crippen molar-refractivity contribution in [3.63, 3.8) is 0 Å². The Labute approximate surface area is 142 Å². The predicted molar refractivity (Wildman–Crippen MR) is 86.3 cm³/mol. The van der Waals surface area contributed by atoms with E-state index in [9.17, 15) is 24.6 Å². The highest BCUT2D eigenvalue weighted by Gasteiger charge is 2.68. The number of hydrogen-bond donors (Lipinski definition) is 3. The fraction of sp³-hybridized carbons (Fsp3) is 0.833. The van der Waals surface area contributed by atoms with E-state index < -0.39 is 28.3 Å². The number of carboxylic acid groups (broad SMARTS) is 2. The van der Waals surface area contributed by atoms with E-state index in [0.717, 1.165) is 25.7 Å². The third-order valence-corrected chi connectivity index (χ3v) is 6.63. The first-order chi connectivity index (χ1) is 11.1. The van der Waals surface area contributed by atoms with Crippen LogP contribution >= 0.6 is 0 Å². The second-order valence-corrected chi connectivity index (χ2v) is 9.02. The van der Waals surface area contributed by atoms with Crippen molar-refractivity contribution in [2.75, 3.05) is 0 Å². The van der Waals surface area contributed by atoms with Gasteiger partial charge in [0.1, 0.15) is 0 Å². The van der Waals surface area contributed by atoms with Crippen molar-refractivity contribution < 1.29 is 24.6 Å². The Kier molecular flexibility index (Phi) is 3.74. The van der Waals surface area contributed by atoms with E-state index in [2.05, 4.69) is 12.2 Å². The van der Waals surface area contributed by atoms with Crippen LogP contribution in [-0.2, 0) is 14.4 Å². The van der Waals surface area contributed by atoms with Gasteiger partial charge in [0, 0.05) is 12.5 Å². The van der Waals surface area contributed by atoms with Gasteiger partial charge in [0.05, 0.1) is 12.8 Å². The summed E-state index contributed by atoms with van der Waals surface area (Å²) in [6.45, 7) is 3.60. The first-order valence-electron chi connectivity index (χ1n) is 8.78. The molecule has 6 heteroatoms. The minimum Gasteiger partial charge on any atom is -0.481 e. The predicted octanol–water partition coefficient (Wildman–Crippen LogP) is 2.56. The fourth-order valence-corrected chi connectivity index (χ4v) is 7.19. The lowest BCUT2D eigenvalue weighted by atomic mass is 9.36. The molecule has 0 spiro atoms. The molecule has 134 valence electrons. The molecule has 3 N–H and O–H groups in total. The van der Waals surface area contributed by atoms with Gasteiger partial charge in [-0.15, -0.1) is 0 Å². The Balaban J connectivity index is 2.07. The molecule has 0 saturated heterocycles. The van der Waals surface area contributed by atoms with E-state index in [1.165, 1.54) is 6.92 Å². The van der Waals surface area contributed by atoms with Gasteiger partial charge in [-0.1, -0.05) is 13.3 Å². The van der Waals surface area contributed by atoms with E-state index in [-0.39, 0.29) is 24.2 Å². The molecular weight excluding hydrogens is 310 g/mol. The Hall–Kier alpha value is -1.59. The molecule has 4 aliphatic rings. The Morgan fingerprint density at radius 1 is 0.833 bits per heavy atom. The van der Waals surface area contributed by atoms with Gasteiger partial charge in [0.15, 0.2) is 0 Å². The van der Waals surface area contributed by atoms with Gasteiger partial charge >= 0.3 is 11.9 Å². The quantitative estimate of drug-likeness (QED) is 0.691. The molecule has 4 fully saturated rings. The average Bonchev–Trinajstić information content (AvgIpc) is 2.31. The van der Waals surface area contributed by atoms with Crippen molar-refractivity contribution in [2.45, 2.75) is 77.2 Å². The van der Waals surface area contributed by atoms with Crippen LogP contribution < -0.4 is 5.32 Å². The minimum atomic E-state index is -0.827. The lowest BCUT2D eigenvalue weighted by Crippen LogP contribution is -2.69. The van der Waals surface area contributed by atoms with Crippen LogP contribution in [0.1, 0.15) is 71.6 Å². The summed E-state index contributed by atoms with van der Waals surface area (Å²) in [7, 11) is 0. The Morgan fingerprint density at radius 3 is 1.62 bits per heavy atom. The summed E-state index contributed by atoms with van der Waals surface area (Å²) in [5.41, 5.74) is -1.29. The summed E-state index contributed by atoms with van der Waals surface area (Å²) in [6, 6.07) is 0. The van der Waals surface area contributed by atoms with Crippen molar-refractivity contribution >= 4 is 17.8 Å². The van der Waals surface area contributed by atoms with E-state index in [1.54, 1.807) is 0 Å². The van der Waals surface area contributed by atoms with Crippen molar-refractivity contribution in [2.24, 2.45) is 16.2 Å². The molecule has 0 heterocycles. The summed E-state index contributed by atoms with van der Waals surface area (Å²) >= 11 is 0. The van der Waals surface area contributed by atoms with Crippen LogP contribution in [0.3, 0.4) is 0 Å². The maximum absolute atomic E-state index is 11.8. The van der Waals surface area contributed by atoms with E-state index in [0.29, 0.717) is 19.3 Å². The summed E-state index contributed by atoms with van der Waals surface area (Å²) in [5.74, 6) is -1.77. The first-order valence-corrected chi connectivity index (χ1v) is 8.78. The lowest BCUT2D eigenvalue weighted by Gasteiger charge is -2.70. The zero-order chi connectivity index (χ0) is 17.8. The lowest BCUT2D eigenvalue weighted by molar-refractivity contribution is -0.193. The van der Waals surface area contributed by atoms with Crippen LogP contribution in [0, 0.1) is 16.2 Å². The largest absolute Gasteiger partial charge is 0.481 e. The van der Waals surface area contributed by atoms with Crippen LogP contribution in [0.15, 0.2) is 0 Å². The minimum absolute atomic E-state index is 0.0535. The molecule has 0 aromatic carbocycles. The van der Waals surface area contributed by atoms with Crippen LogP contribution in [-0.4, -0.2) is 33.6 Å². The zero-order valence-electron chi connectivity index (χ0n) is 14.5. The SMILES string of the molecule is CCC12CC3(CC(=O)O)CC(CC(=O)O)(C1)CC(NC(C)=O)(C2)C3. The van der Waals surface area contributed by atoms with Crippen LogP contribution in [0.5, 0.6) is 0 Å². The van der Waals surface area contributed by atoms with Gasteiger partial charge in [0.2, 0.25) is 5.91 Å². The summed E-state index contributed by atoms with van der Waals surface area (Å²) < 4.78 is 0. The maximum atomic E-state index is 11.8. The molecule has 1 amide bonds. The number of aliphatic carboxylic acids is 2. The van der Waals surface area contributed by atoms with E-state index >= 15 is 0 Å². The highest BCUT2D eigenvalue weighted by Crippen LogP contribution is 2.73. The molecule has 0 radical (unpaired) electrons. The molecule has 4 rings (SSSR count). The number of carbonyl (C=O) groups is 3. The van der Waals surface area contributed by atoms with E-state index in [1.807, 2.05) is 0 Å². The van der Waals surface area contributed by atoms with Crippen molar-refractivity contribution in [3.8, 4) is 0 Å². The summed E-state index contributed by atoms with van der Waals surface area (Å²) in [5, 5.41) is 22.0. The monoisotopic (exact) mass is 337 g/mol. The molecule has 0 aromatic heterocycles. The molecule has 6 nitrogen and oxygen atoms in total. The standard InChI is InChI=1S/C18H27NO5/c1-3-15-6-16(4-13(21)22)8-17(7-15,5-14(23)24)11-18(9-15,10-16)19-12(2)20/h3-11H2,1-2H3,(H,19,20)(H,21,22)(H,23,24). The van der Waals surface area contributed by atoms with Crippen LogP contribution in [0.4, 0.5) is 0 Å². The number of hydrogen-bond acceptors (Lipinski definition) is 3. The fourth-order valence-electron chi connectivity index (χ4n) is 7.19. The summed E-state index contributed by atoms with van der Waals surface area (Å²) in [6.07, 6.45) is 5.54. The van der Waals surface area contributed by atoms with Crippen molar-refractivity contribution in [1.29, 1.82) is 0 Å². The van der Waals surface area contributed by atoms with Crippen molar-refractivity contribution in [1.82, 2.24) is 5.32 Å². The van der Waals surface area contributed by atoms with Crippen LogP contribution in [0.2, 0.25) is 0 Å². The van der Waals surface area contributed by atoms with Gasteiger partial charge in [0.25, 0.3) is 0 Å². The molecular formula is C18H27NO5. The smallest absolute Gasteiger partial charge is 0.303 e. The highest BCUT2D eigenvalue weighted by atomic mass is 16.4. The van der Waals surface area contributed by atoms with Gasteiger partial charge in [-0.3, -0.25) is 14.4 Å². The molecule has 24 heavy (non-hydrogen) atoms. The second-order valence-electron chi connectivity index (χ2n) is 9.02. The number of carbonyl (C=O) groups excluding carboxylic acids is 1.